The number of nitrogens with zero attached hydrogens (tertiary/aromatic N) is 2. The summed E-state index contributed by atoms with van der Waals surface area (Å²) in [5.74, 6) is 0.347. The Hall–Kier alpha value is -1.62. The van der Waals surface area contributed by atoms with E-state index in [1.54, 1.807) is 0 Å². The molecular weight excluding hydrogens is 269 g/mol. The first-order chi connectivity index (χ1) is 10.2. The van der Waals surface area contributed by atoms with Gasteiger partial charge in [-0.25, -0.2) is 4.39 Å². The van der Waals surface area contributed by atoms with Crippen LogP contribution in [0.4, 0.5) is 4.39 Å². The first-order valence-electron chi connectivity index (χ1n) is 7.61. The third-order valence-corrected chi connectivity index (χ3v) is 4.67. The van der Waals surface area contributed by atoms with Gasteiger partial charge < -0.3 is 15.4 Å². The van der Waals surface area contributed by atoms with E-state index in [0.29, 0.717) is 12.5 Å². The predicted octanol–water partition coefficient (Wildman–Crippen LogP) is 2.24. The quantitative estimate of drug-likeness (QED) is 0.925. The lowest BCUT2D eigenvalue weighted by molar-refractivity contribution is 0.0632. The largest absolute Gasteiger partial charge is 0.376 e. The van der Waals surface area contributed by atoms with Crippen molar-refractivity contribution in [3.63, 3.8) is 0 Å². The number of guanidine groups is 1. The molecule has 0 radical (unpaired) electrons. The standard InChI is InChI=1S/C16H22FN3O/c1-2-16(12-5-7-13(17)8-6-12)11-19-15(18)20(16)10-14-4-3-9-21-14/h5-8,14H,2-4,9-11H2,1H3,(H2,18,19). The zero-order valence-electron chi connectivity index (χ0n) is 12.4. The minimum absolute atomic E-state index is 0.211. The first-order valence-corrected chi connectivity index (χ1v) is 7.61. The molecule has 0 spiro atoms. The Morgan fingerprint density at radius 1 is 1.43 bits per heavy atom. The van der Waals surface area contributed by atoms with E-state index in [1.165, 1.54) is 12.1 Å². The monoisotopic (exact) mass is 291 g/mol. The Morgan fingerprint density at radius 2 is 2.19 bits per heavy atom. The number of ether oxygens (including phenoxy) is 1. The Bertz CT molecular complexity index is 525. The van der Waals surface area contributed by atoms with Crippen molar-refractivity contribution in [2.45, 2.75) is 37.8 Å². The van der Waals surface area contributed by atoms with Gasteiger partial charge >= 0.3 is 0 Å². The van der Waals surface area contributed by atoms with Crippen molar-refractivity contribution in [3.05, 3.63) is 35.6 Å². The summed E-state index contributed by atoms with van der Waals surface area (Å²) in [6.07, 6.45) is 3.25. The van der Waals surface area contributed by atoms with Crippen molar-refractivity contribution in [2.75, 3.05) is 19.7 Å². The van der Waals surface area contributed by atoms with Crippen LogP contribution < -0.4 is 5.73 Å². The van der Waals surface area contributed by atoms with E-state index in [4.69, 9.17) is 10.5 Å². The van der Waals surface area contributed by atoms with Gasteiger partial charge in [0.15, 0.2) is 5.96 Å². The van der Waals surface area contributed by atoms with Crippen LogP contribution in [0.15, 0.2) is 29.3 Å². The van der Waals surface area contributed by atoms with E-state index in [1.807, 2.05) is 12.1 Å². The molecule has 4 nitrogen and oxygen atoms in total. The third-order valence-electron chi connectivity index (χ3n) is 4.67. The van der Waals surface area contributed by atoms with Crippen LogP contribution >= 0.6 is 0 Å². The van der Waals surface area contributed by atoms with Crippen molar-refractivity contribution >= 4 is 5.96 Å². The van der Waals surface area contributed by atoms with Gasteiger partial charge in [-0.3, -0.25) is 4.99 Å². The average Bonchev–Trinajstić information content (AvgIpc) is 3.11. The number of nitrogens with two attached hydrogens (primary N) is 1. The topological polar surface area (TPSA) is 50.8 Å². The molecular formula is C16H22FN3O. The van der Waals surface area contributed by atoms with Gasteiger partial charge in [0.05, 0.1) is 18.2 Å². The maximum absolute atomic E-state index is 13.2. The minimum Gasteiger partial charge on any atom is -0.376 e. The molecule has 1 aromatic rings. The van der Waals surface area contributed by atoms with Gasteiger partial charge in [0, 0.05) is 13.2 Å². The van der Waals surface area contributed by atoms with Crippen LogP contribution in [0.25, 0.3) is 0 Å². The molecule has 114 valence electrons. The van der Waals surface area contributed by atoms with Crippen LogP contribution in [0, 0.1) is 5.82 Å². The Balaban J connectivity index is 1.89. The number of rotatable bonds is 4. The SMILES string of the molecule is CCC1(c2ccc(F)cc2)CN=C(N)N1CC1CCCO1. The molecule has 2 heterocycles. The lowest BCUT2D eigenvalue weighted by atomic mass is 9.86. The second-order valence-corrected chi connectivity index (χ2v) is 5.81. The highest BCUT2D eigenvalue weighted by molar-refractivity contribution is 5.81. The minimum atomic E-state index is -0.274. The van der Waals surface area contributed by atoms with E-state index in [2.05, 4.69) is 16.8 Å². The summed E-state index contributed by atoms with van der Waals surface area (Å²) in [5, 5.41) is 0. The van der Waals surface area contributed by atoms with E-state index in [-0.39, 0.29) is 17.5 Å². The Labute approximate surface area is 124 Å². The summed E-state index contributed by atoms with van der Waals surface area (Å²) < 4.78 is 19.0. The third kappa shape index (κ3) is 2.50. The number of halogens is 1. The predicted molar refractivity (Wildman–Crippen MR) is 80.5 cm³/mol. The summed E-state index contributed by atoms with van der Waals surface area (Å²) in [6.45, 7) is 4.32. The van der Waals surface area contributed by atoms with Gasteiger partial charge in [0.25, 0.3) is 0 Å². The van der Waals surface area contributed by atoms with Gasteiger partial charge in [-0.15, -0.1) is 0 Å². The van der Waals surface area contributed by atoms with E-state index < -0.39 is 0 Å². The van der Waals surface area contributed by atoms with Crippen LogP contribution in [0.1, 0.15) is 31.7 Å². The second-order valence-electron chi connectivity index (χ2n) is 5.81. The molecule has 0 amide bonds. The fraction of sp³-hybridized carbons (Fsp3) is 0.562. The molecule has 1 saturated heterocycles. The van der Waals surface area contributed by atoms with Gasteiger partial charge in [0.1, 0.15) is 5.82 Å². The first kappa shape index (κ1) is 14.3. The van der Waals surface area contributed by atoms with Crippen LogP contribution in [0.5, 0.6) is 0 Å². The number of hydrogen-bond donors (Lipinski definition) is 1. The smallest absolute Gasteiger partial charge is 0.192 e. The van der Waals surface area contributed by atoms with Crippen molar-refractivity contribution in [3.8, 4) is 0 Å². The van der Waals surface area contributed by atoms with Gasteiger partial charge in [0.2, 0.25) is 0 Å². The van der Waals surface area contributed by atoms with E-state index >= 15 is 0 Å². The molecule has 2 unspecified atom stereocenters. The fourth-order valence-electron chi connectivity index (χ4n) is 3.38. The molecule has 2 aliphatic rings. The highest BCUT2D eigenvalue weighted by Gasteiger charge is 2.43. The molecule has 3 rings (SSSR count). The number of hydrogen-bond acceptors (Lipinski definition) is 4. The molecule has 1 fully saturated rings. The summed E-state index contributed by atoms with van der Waals surface area (Å²) in [5.41, 5.74) is 6.91. The van der Waals surface area contributed by atoms with Gasteiger partial charge in [-0.05, 0) is 37.0 Å². The molecule has 2 atom stereocenters. The molecule has 0 aromatic heterocycles. The van der Waals surface area contributed by atoms with Gasteiger partial charge in [-0.1, -0.05) is 19.1 Å². The fourth-order valence-corrected chi connectivity index (χ4v) is 3.38. The highest BCUT2D eigenvalue weighted by atomic mass is 19.1. The van der Waals surface area contributed by atoms with E-state index in [9.17, 15) is 4.39 Å². The zero-order chi connectivity index (χ0) is 14.9. The maximum Gasteiger partial charge on any atom is 0.192 e. The summed E-state index contributed by atoms with van der Waals surface area (Å²) in [7, 11) is 0. The Kier molecular flexibility index (Phi) is 3.85. The summed E-state index contributed by atoms with van der Waals surface area (Å²) in [6, 6.07) is 6.70. The number of aliphatic imine (C=N–C) groups is 1. The molecule has 0 aliphatic carbocycles. The highest BCUT2D eigenvalue weighted by Crippen LogP contribution is 2.37. The molecule has 2 N–H and O–H groups in total. The normalized spacial score (nSPS) is 29.0. The number of benzene rings is 1. The van der Waals surface area contributed by atoms with E-state index in [0.717, 1.165) is 38.0 Å². The lowest BCUT2D eigenvalue weighted by Gasteiger charge is -2.40. The molecule has 0 bridgehead atoms. The van der Waals surface area contributed by atoms with Crippen LogP contribution in [0.2, 0.25) is 0 Å². The molecule has 21 heavy (non-hydrogen) atoms. The zero-order valence-corrected chi connectivity index (χ0v) is 12.4. The summed E-state index contributed by atoms with van der Waals surface area (Å²) in [4.78, 5) is 6.60. The average molecular weight is 291 g/mol. The van der Waals surface area contributed by atoms with Crippen LogP contribution in [-0.2, 0) is 10.3 Å². The van der Waals surface area contributed by atoms with Crippen molar-refractivity contribution in [1.29, 1.82) is 0 Å². The van der Waals surface area contributed by atoms with Crippen molar-refractivity contribution < 1.29 is 9.13 Å². The molecule has 5 heteroatoms. The lowest BCUT2D eigenvalue weighted by Crippen LogP contribution is -2.51. The molecule has 1 aromatic carbocycles. The molecule has 2 aliphatic heterocycles. The van der Waals surface area contributed by atoms with Crippen molar-refractivity contribution in [2.24, 2.45) is 10.7 Å². The van der Waals surface area contributed by atoms with Crippen LogP contribution in [0.3, 0.4) is 0 Å². The second kappa shape index (κ2) is 5.64. The van der Waals surface area contributed by atoms with Crippen LogP contribution in [-0.4, -0.2) is 36.7 Å². The Morgan fingerprint density at radius 3 is 2.81 bits per heavy atom. The van der Waals surface area contributed by atoms with Crippen molar-refractivity contribution in [1.82, 2.24) is 4.90 Å². The van der Waals surface area contributed by atoms with Gasteiger partial charge in [-0.2, -0.15) is 0 Å². The summed E-state index contributed by atoms with van der Waals surface area (Å²) >= 11 is 0. The maximum atomic E-state index is 13.2. The molecule has 0 saturated carbocycles.